The number of rotatable bonds is 6. The largest absolute Gasteiger partial charge is 0.481 e. The minimum atomic E-state index is -0.751. The molecule has 2 N–H and O–H groups in total. The molecule has 1 heterocycles. The van der Waals surface area contributed by atoms with Gasteiger partial charge in [0.15, 0.2) is 0 Å². The number of hydrogen-bond acceptors (Lipinski definition) is 3. The summed E-state index contributed by atoms with van der Waals surface area (Å²) in [5.74, 6) is -0.643. The van der Waals surface area contributed by atoms with Gasteiger partial charge in [-0.15, -0.1) is 0 Å². The summed E-state index contributed by atoms with van der Waals surface area (Å²) in [6.45, 7) is 6.32. The summed E-state index contributed by atoms with van der Waals surface area (Å²) < 4.78 is 0. The lowest BCUT2D eigenvalue weighted by Gasteiger charge is -2.37. The number of carbonyl (C=O) groups excluding carboxylic acids is 1. The van der Waals surface area contributed by atoms with Gasteiger partial charge in [-0.3, -0.25) is 9.59 Å². The Morgan fingerprint density at radius 1 is 1.39 bits per heavy atom. The molecule has 1 fully saturated rings. The van der Waals surface area contributed by atoms with E-state index in [2.05, 4.69) is 17.1 Å². The van der Waals surface area contributed by atoms with Crippen LogP contribution in [0.15, 0.2) is 0 Å². The fourth-order valence-corrected chi connectivity index (χ4v) is 2.65. The van der Waals surface area contributed by atoms with Crippen LogP contribution in [0.4, 0.5) is 0 Å². The average Bonchev–Trinajstić information content (AvgIpc) is 2.24. The number of unbranched alkanes of at least 4 members (excludes halogenated alkanes) is 1. The fraction of sp³-hybridized carbons (Fsp3) is 0.846. The SMILES string of the molecule is CCCCN1CC(CC(=O)O)CC(NC(C)=O)C1. The van der Waals surface area contributed by atoms with Crippen LogP contribution in [0, 0.1) is 5.92 Å². The van der Waals surface area contributed by atoms with Gasteiger partial charge < -0.3 is 15.3 Å². The van der Waals surface area contributed by atoms with E-state index in [-0.39, 0.29) is 24.3 Å². The lowest BCUT2D eigenvalue weighted by molar-refractivity contribution is -0.138. The van der Waals surface area contributed by atoms with Crippen molar-refractivity contribution in [3.8, 4) is 0 Å². The third-order valence-electron chi connectivity index (χ3n) is 3.31. The van der Waals surface area contributed by atoms with Crippen molar-refractivity contribution in [2.24, 2.45) is 5.92 Å². The molecule has 2 atom stereocenters. The topological polar surface area (TPSA) is 69.6 Å². The number of nitrogens with zero attached hydrogens (tertiary/aromatic N) is 1. The van der Waals surface area contributed by atoms with Crippen molar-refractivity contribution in [2.75, 3.05) is 19.6 Å². The number of carbonyl (C=O) groups is 2. The molecule has 0 aromatic heterocycles. The standard InChI is InChI=1S/C13H24N2O3/c1-3-4-5-15-8-11(7-13(17)18)6-12(9-15)14-10(2)16/h11-12H,3-9H2,1-2H3,(H,14,16)(H,17,18). The first-order chi connectivity index (χ1) is 8.51. The second kappa shape index (κ2) is 7.36. The molecule has 104 valence electrons. The van der Waals surface area contributed by atoms with E-state index >= 15 is 0 Å². The molecule has 0 saturated carbocycles. The Morgan fingerprint density at radius 3 is 2.67 bits per heavy atom. The molecule has 0 aliphatic carbocycles. The fourth-order valence-electron chi connectivity index (χ4n) is 2.65. The van der Waals surface area contributed by atoms with Gasteiger partial charge in [0.1, 0.15) is 0 Å². The first-order valence-corrected chi connectivity index (χ1v) is 6.72. The first-order valence-electron chi connectivity index (χ1n) is 6.72. The number of amides is 1. The van der Waals surface area contributed by atoms with E-state index < -0.39 is 5.97 Å². The van der Waals surface area contributed by atoms with Gasteiger partial charge in [-0.2, -0.15) is 0 Å². The minimum Gasteiger partial charge on any atom is -0.481 e. The van der Waals surface area contributed by atoms with Crippen molar-refractivity contribution in [1.29, 1.82) is 0 Å². The summed E-state index contributed by atoms with van der Waals surface area (Å²) in [6, 6.07) is 0.0949. The molecule has 2 unspecified atom stereocenters. The van der Waals surface area contributed by atoms with Crippen LogP contribution in [-0.2, 0) is 9.59 Å². The number of likely N-dealkylation sites (tertiary alicyclic amines) is 1. The van der Waals surface area contributed by atoms with Crippen LogP contribution in [0.1, 0.15) is 39.5 Å². The highest BCUT2D eigenvalue weighted by molar-refractivity contribution is 5.73. The highest BCUT2D eigenvalue weighted by Gasteiger charge is 2.28. The Labute approximate surface area is 109 Å². The third kappa shape index (κ3) is 5.49. The predicted molar refractivity (Wildman–Crippen MR) is 69.3 cm³/mol. The van der Waals surface area contributed by atoms with Crippen molar-refractivity contribution in [3.63, 3.8) is 0 Å². The molecule has 18 heavy (non-hydrogen) atoms. The normalized spacial score (nSPS) is 24.8. The number of hydrogen-bond donors (Lipinski definition) is 2. The van der Waals surface area contributed by atoms with Gasteiger partial charge in [0.25, 0.3) is 0 Å². The zero-order valence-corrected chi connectivity index (χ0v) is 11.3. The molecule has 0 radical (unpaired) electrons. The van der Waals surface area contributed by atoms with Gasteiger partial charge in [-0.25, -0.2) is 0 Å². The molecule has 0 aromatic carbocycles. The third-order valence-corrected chi connectivity index (χ3v) is 3.31. The van der Waals surface area contributed by atoms with Crippen molar-refractivity contribution in [2.45, 2.75) is 45.6 Å². The lowest BCUT2D eigenvalue weighted by atomic mass is 9.91. The molecule has 5 nitrogen and oxygen atoms in total. The summed E-state index contributed by atoms with van der Waals surface area (Å²) in [5, 5.41) is 11.8. The van der Waals surface area contributed by atoms with Gasteiger partial charge >= 0.3 is 5.97 Å². The average molecular weight is 256 g/mol. The Kier molecular flexibility index (Phi) is 6.12. The molecular formula is C13H24N2O3. The molecule has 1 saturated heterocycles. The predicted octanol–water partition coefficient (Wildman–Crippen LogP) is 1.09. The molecule has 1 amide bonds. The van der Waals surface area contributed by atoms with Crippen molar-refractivity contribution in [3.05, 3.63) is 0 Å². The summed E-state index contributed by atoms with van der Waals surface area (Å²) in [5.41, 5.74) is 0. The second-order valence-electron chi connectivity index (χ2n) is 5.21. The number of carboxylic acids is 1. The van der Waals surface area contributed by atoms with Gasteiger partial charge in [0, 0.05) is 32.5 Å². The van der Waals surface area contributed by atoms with Crippen LogP contribution in [-0.4, -0.2) is 47.6 Å². The highest BCUT2D eigenvalue weighted by Crippen LogP contribution is 2.20. The van der Waals surface area contributed by atoms with Crippen LogP contribution < -0.4 is 5.32 Å². The van der Waals surface area contributed by atoms with E-state index in [0.29, 0.717) is 0 Å². The number of piperidine rings is 1. The lowest BCUT2D eigenvalue weighted by Crippen LogP contribution is -2.50. The molecule has 1 rings (SSSR count). The molecule has 0 spiro atoms. The molecule has 0 bridgehead atoms. The maximum absolute atomic E-state index is 11.1. The van der Waals surface area contributed by atoms with Crippen LogP contribution in [0.2, 0.25) is 0 Å². The molecule has 5 heteroatoms. The zero-order chi connectivity index (χ0) is 13.5. The first kappa shape index (κ1) is 15.0. The molecule has 1 aliphatic rings. The van der Waals surface area contributed by atoms with Gasteiger partial charge in [0.05, 0.1) is 0 Å². The summed E-state index contributed by atoms with van der Waals surface area (Å²) >= 11 is 0. The quantitative estimate of drug-likeness (QED) is 0.746. The molecule has 1 aliphatic heterocycles. The summed E-state index contributed by atoms with van der Waals surface area (Å²) in [7, 11) is 0. The van der Waals surface area contributed by atoms with Gasteiger partial charge in [0.2, 0.25) is 5.91 Å². The number of nitrogens with one attached hydrogen (secondary N) is 1. The minimum absolute atomic E-state index is 0.0357. The zero-order valence-electron chi connectivity index (χ0n) is 11.3. The van der Waals surface area contributed by atoms with Crippen molar-refractivity contribution < 1.29 is 14.7 Å². The van der Waals surface area contributed by atoms with E-state index in [1.165, 1.54) is 6.92 Å². The highest BCUT2D eigenvalue weighted by atomic mass is 16.4. The van der Waals surface area contributed by atoms with Gasteiger partial charge in [-0.05, 0) is 25.3 Å². The molecule has 0 aromatic rings. The Morgan fingerprint density at radius 2 is 2.11 bits per heavy atom. The number of aliphatic carboxylic acids is 1. The number of carboxylic acid groups (broad SMARTS) is 1. The van der Waals surface area contributed by atoms with E-state index in [4.69, 9.17) is 5.11 Å². The van der Waals surface area contributed by atoms with E-state index in [1.807, 2.05) is 0 Å². The Hall–Kier alpha value is -1.10. The smallest absolute Gasteiger partial charge is 0.303 e. The van der Waals surface area contributed by atoms with Gasteiger partial charge in [-0.1, -0.05) is 13.3 Å². The van der Waals surface area contributed by atoms with Crippen LogP contribution in [0.5, 0.6) is 0 Å². The second-order valence-corrected chi connectivity index (χ2v) is 5.21. The summed E-state index contributed by atoms with van der Waals surface area (Å²) in [6.07, 6.45) is 3.21. The molecular weight excluding hydrogens is 232 g/mol. The van der Waals surface area contributed by atoms with Crippen LogP contribution >= 0.6 is 0 Å². The van der Waals surface area contributed by atoms with Crippen LogP contribution in [0.3, 0.4) is 0 Å². The van der Waals surface area contributed by atoms with E-state index in [0.717, 1.165) is 38.9 Å². The maximum Gasteiger partial charge on any atom is 0.303 e. The van der Waals surface area contributed by atoms with Crippen molar-refractivity contribution in [1.82, 2.24) is 10.2 Å². The van der Waals surface area contributed by atoms with E-state index in [9.17, 15) is 9.59 Å². The summed E-state index contributed by atoms with van der Waals surface area (Å²) in [4.78, 5) is 24.2. The van der Waals surface area contributed by atoms with Crippen LogP contribution in [0.25, 0.3) is 0 Å². The maximum atomic E-state index is 11.1. The van der Waals surface area contributed by atoms with Crippen molar-refractivity contribution >= 4 is 11.9 Å². The Bertz CT molecular complexity index is 270. The monoisotopic (exact) mass is 256 g/mol. The Balaban J connectivity index is 2.53. The van der Waals surface area contributed by atoms with E-state index in [1.54, 1.807) is 0 Å².